The Balaban J connectivity index is 1.71. The van der Waals surface area contributed by atoms with Gasteiger partial charge >= 0.3 is 0 Å². The lowest BCUT2D eigenvalue weighted by molar-refractivity contribution is 0.263. The topological polar surface area (TPSA) is 64.7 Å². The zero-order valence-electron chi connectivity index (χ0n) is 13.3. The first-order chi connectivity index (χ1) is 10.1. The summed E-state index contributed by atoms with van der Waals surface area (Å²) < 4.78 is 28.9. The maximum Gasteiger partial charge on any atom is 0.279 e. The van der Waals surface area contributed by atoms with Gasteiger partial charge in [0.05, 0.1) is 0 Å². The van der Waals surface area contributed by atoms with Gasteiger partial charge in [0.1, 0.15) is 0 Å². The van der Waals surface area contributed by atoms with E-state index in [1.165, 1.54) is 12.8 Å². The van der Waals surface area contributed by atoms with Crippen LogP contribution in [-0.4, -0.2) is 70.0 Å². The second-order valence-electron chi connectivity index (χ2n) is 6.16. The summed E-state index contributed by atoms with van der Waals surface area (Å²) in [6, 6.07) is 0.691. The second kappa shape index (κ2) is 7.87. The Morgan fingerprint density at radius 1 is 1.19 bits per heavy atom. The molecule has 0 aromatic heterocycles. The molecule has 1 saturated heterocycles. The highest BCUT2D eigenvalue weighted by Gasteiger charge is 2.29. The normalized spacial score (nSPS) is 22.0. The van der Waals surface area contributed by atoms with Gasteiger partial charge in [-0.25, -0.2) is 4.72 Å². The summed E-state index contributed by atoms with van der Waals surface area (Å²) in [4.78, 5) is 2.36. The van der Waals surface area contributed by atoms with Crippen LogP contribution in [0.3, 0.4) is 0 Å². The molecule has 1 saturated carbocycles. The third-order valence-electron chi connectivity index (χ3n) is 4.56. The third kappa shape index (κ3) is 5.17. The Kier molecular flexibility index (Phi) is 6.43. The van der Waals surface area contributed by atoms with Crippen LogP contribution in [-0.2, 0) is 10.2 Å². The zero-order chi connectivity index (χ0) is 15.3. The Labute approximate surface area is 129 Å². The first-order valence-corrected chi connectivity index (χ1v) is 9.64. The standard InChI is InChI=1S/C14H30N4O2S/c1-3-17(14-4-5-14)11-8-16-21(19,20)18-9-6-13(7-10-18)12-15-2/h13-16H,3-12H2,1-2H3. The van der Waals surface area contributed by atoms with E-state index >= 15 is 0 Å². The van der Waals surface area contributed by atoms with Crippen molar-refractivity contribution >= 4 is 10.2 Å². The fourth-order valence-electron chi connectivity index (χ4n) is 3.09. The van der Waals surface area contributed by atoms with E-state index in [-0.39, 0.29) is 0 Å². The van der Waals surface area contributed by atoms with Crippen LogP contribution in [0.4, 0.5) is 0 Å². The van der Waals surface area contributed by atoms with Crippen LogP contribution < -0.4 is 10.0 Å². The summed E-state index contributed by atoms with van der Waals surface area (Å²) in [7, 11) is -1.35. The Bertz CT molecular complexity index is 403. The van der Waals surface area contributed by atoms with Gasteiger partial charge in [0.15, 0.2) is 0 Å². The number of nitrogens with one attached hydrogen (secondary N) is 2. The molecule has 2 aliphatic rings. The molecule has 0 aromatic rings. The highest BCUT2D eigenvalue weighted by atomic mass is 32.2. The van der Waals surface area contributed by atoms with Crippen molar-refractivity contribution < 1.29 is 8.42 Å². The van der Waals surface area contributed by atoms with E-state index in [2.05, 4.69) is 21.9 Å². The van der Waals surface area contributed by atoms with Gasteiger partial charge in [0.2, 0.25) is 0 Å². The molecular weight excluding hydrogens is 288 g/mol. The lowest BCUT2D eigenvalue weighted by Gasteiger charge is -2.31. The predicted molar refractivity (Wildman–Crippen MR) is 85.4 cm³/mol. The van der Waals surface area contributed by atoms with E-state index in [1.54, 1.807) is 4.31 Å². The lowest BCUT2D eigenvalue weighted by atomic mass is 9.98. The molecule has 2 fully saturated rings. The van der Waals surface area contributed by atoms with Gasteiger partial charge in [-0.1, -0.05) is 6.92 Å². The molecule has 0 unspecified atom stereocenters. The molecule has 1 aliphatic heterocycles. The minimum absolute atomic E-state index is 0.517. The molecule has 0 bridgehead atoms. The second-order valence-corrected chi connectivity index (χ2v) is 7.91. The van der Waals surface area contributed by atoms with Gasteiger partial charge in [-0.05, 0) is 51.7 Å². The molecule has 0 radical (unpaired) electrons. The number of piperidine rings is 1. The van der Waals surface area contributed by atoms with Crippen LogP contribution in [0, 0.1) is 5.92 Å². The van der Waals surface area contributed by atoms with E-state index in [0.29, 0.717) is 31.6 Å². The average molecular weight is 318 g/mol. The predicted octanol–water partition coefficient (Wildman–Crippen LogP) is 0.237. The highest BCUT2D eigenvalue weighted by molar-refractivity contribution is 7.87. The summed E-state index contributed by atoms with van der Waals surface area (Å²) in [6.45, 7) is 6.73. The Morgan fingerprint density at radius 2 is 1.86 bits per heavy atom. The van der Waals surface area contributed by atoms with Crippen LogP contribution in [0.25, 0.3) is 0 Å². The molecule has 1 aliphatic carbocycles. The van der Waals surface area contributed by atoms with Crippen LogP contribution in [0.15, 0.2) is 0 Å². The summed E-state index contributed by atoms with van der Waals surface area (Å²) in [5.74, 6) is 0.604. The van der Waals surface area contributed by atoms with Crippen molar-refractivity contribution in [3.63, 3.8) is 0 Å². The first-order valence-electron chi connectivity index (χ1n) is 8.20. The molecule has 7 heteroatoms. The molecule has 6 nitrogen and oxygen atoms in total. The van der Waals surface area contributed by atoms with Gasteiger partial charge in [0, 0.05) is 32.2 Å². The smallest absolute Gasteiger partial charge is 0.279 e. The fourth-order valence-corrected chi connectivity index (χ4v) is 4.31. The van der Waals surface area contributed by atoms with Crippen LogP contribution in [0.2, 0.25) is 0 Å². The van der Waals surface area contributed by atoms with Crippen LogP contribution >= 0.6 is 0 Å². The van der Waals surface area contributed by atoms with Gasteiger partial charge in [0.25, 0.3) is 10.2 Å². The van der Waals surface area contributed by atoms with E-state index in [0.717, 1.165) is 32.5 Å². The first kappa shape index (κ1) is 17.1. The van der Waals surface area contributed by atoms with Gasteiger partial charge in [-0.2, -0.15) is 12.7 Å². The van der Waals surface area contributed by atoms with E-state index < -0.39 is 10.2 Å². The van der Waals surface area contributed by atoms with Crippen molar-refractivity contribution in [2.75, 3.05) is 46.3 Å². The number of nitrogens with zero attached hydrogens (tertiary/aromatic N) is 2. The third-order valence-corrected chi connectivity index (χ3v) is 6.17. The summed E-state index contributed by atoms with van der Waals surface area (Å²) in [5.41, 5.74) is 0. The van der Waals surface area contributed by atoms with E-state index in [4.69, 9.17) is 0 Å². The van der Waals surface area contributed by atoms with Crippen molar-refractivity contribution in [1.82, 2.24) is 19.2 Å². The minimum atomic E-state index is -3.29. The van der Waals surface area contributed by atoms with Crippen molar-refractivity contribution in [3.8, 4) is 0 Å². The monoisotopic (exact) mass is 318 g/mol. The number of rotatable bonds is 9. The SMILES string of the molecule is CCN(CCNS(=O)(=O)N1CCC(CNC)CC1)C1CC1. The van der Waals surface area contributed by atoms with Gasteiger partial charge in [-0.15, -0.1) is 0 Å². The van der Waals surface area contributed by atoms with Crippen LogP contribution in [0.5, 0.6) is 0 Å². The average Bonchev–Trinajstić information content (AvgIpc) is 3.29. The quantitative estimate of drug-likeness (QED) is 0.639. The highest BCUT2D eigenvalue weighted by Crippen LogP contribution is 2.25. The zero-order valence-corrected chi connectivity index (χ0v) is 14.2. The maximum absolute atomic E-state index is 12.3. The minimum Gasteiger partial charge on any atom is -0.319 e. The molecule has 1 heterocycles. The van der Waals surface area contributed by atoms with Crippen molar-refractivity contribution in [2.45, 2.75) is 38.6 Å². The van der Waals surface area contributed by atoms with Gasteiger partial charge < -0.3 is 5.32 Å². The Hall–Kier alpha value is -0.210. The van der Waals surface area contributed by atoms with Gasteiger partial charge in [-0.3, -0.25) is 4.90 Å². The summed E-state index contributed by atoms with van der Waals surface area (Å²) >= 11 is 0. The molecule has 0 spiro atoms. The molecule has 0 aromatic carbocycles. The Morgan fingerprint density at radius 3 is 2.38 bits per heavy atom. The number of likely N-dealkylation sites (N-methyl/N-ethyl adjacent to an activating group) is 1. The van der Waals surface area contributed by atoms with E-state index in [1.807, 2.05) is 7.05 Å². The summed E-state index contributed by atoms with van der Waals surface area (Å²) in [5, 5.41) is 3.17. The largest absolute Gasteiger partial charge is 0.319 e. The van der Waals surface area contributed by atoms with Crippen molar-refractivity contribution in [2.24, 2.45) is 5.92 Å². The number of hydrogen-bond donors (Lipinski definition) is 2. The van der Waals surface area contributed by atoms with E-state index in [9.17, 15) is 8.42 Å². The number of hydrogen-bond acceptors (Lipinski definition) is 4. The molecule has 21 heavy (non-hydrogen) atoms. The summed E-state index contributed by atoms with van der Waals surface area (Å²) in [6.07, 6.45) is 4.43. The molecule has 124 valence electrons. The molecular formula is C14H30N4O2S. The molecule has 2 N–H and O–H groups in total. The molecule has 0 atom stereocenters. The van der Waals surface area contributed by atoms with Crippen molar-refractivity contribution in [3.05, 3.63) is 0 Å². The van der Waals surface area contributed by atoms with Crippen LogP contribution in [0.1, 0.15) is 32.6 Å². The maximum atomic E-state index is 12.3. The van der Waals surface area contributed by atoms with Crippen molar-refractivity contribution in [1.29, 1.82) is 0 Å². The molecule has 2 rings (SSSR count). The molecule has 0 amide bonds. The fraction of sp³-hybridized carbons (Fsp3) is 1.00. The lowest BCUT2D eigenvalue weighted by Crippen LogP contribution is -2.47.